The molecule has 1 amide bonds. The zero-order valence-corrected chi connectivity index (χ0v) is 8.58. The van der Waals surface area contributed by atoms with Crippen LogP contribution in [0.4, 0.5) is 0 Å². The summed E-state index contributed by atoms with van der Waals surface area (Å²) < 4.78 is 5.40. The molecule has 0 aromatic carbocycles. The molecule has 0 spiro atoms. The standard InChI is InChI=1S/C10H18N2O2/c1-7-9(3-5-14-7)12-10(13)8-2-4-11-6-8/h7-9,11H,2-6H2,1H3,(H,12,13)/t7?,8-,9?/m1/s1. The predicted molar refractivity (Wildman–Crippen MR) is 52.9 cm³/mol. The fourth-order valence-electron chi connectivity index (χ4n) is 2.10. The minimum absolute atomic E-state index is 0.169. The topological polar surface area (TPSA) is 50.4 Å². The van der Waals surface area contributed by atoms with Crippen molar-refractivity contribution in [1.82, 2.24) is 10.6 Å². The van der Waals surface area contributed by atoms with E-state index in [0.29, 0.717) is 0 Å². The third-order valence-electron chi connectivity index (χ3n) is 3.13. The van der Waals surface area contributed by atoms with E-state index in [0.717, 1.165) is 32.5 Å². The van der Waals surface area contributed by atoms with Gasteiger partial charge in [-0.25, -0.2) is 0 Å². The van der Waals surface area contributed by atoms with Crippen LogP contribution in [0.3, 0.4) is 0 Å². The number of nitrogens with one attached hydrogen (secondary N) is 2. The first kappa shape index (κ1) is 9.93. The number of amides is 1. The summed E-state index contributed by atoms with van der Waals surface area (Å²) in [5, 5.41) is 6.26. The highest BCUT2D eigenvalue weighted by atomic mass is 16.5. The summed E-state index contributed by atoms with van der Waals surface area (Å²) in [5.41, 5.74) is 0. The molecule has 0 bridgehead atoms. The summed E-state index contributed by atoms with van der Waals surface area (Å²) in [4.78, 5) is 11.7. The molecule has 80 valence electrons. The molecule has 2 saturated heterocycles. The fraction of sp³-hybridized carbons (Fsp3) is 0.900. The molecule has 2 N–H and O–H groups in total. The first-order valence-corrected chi connectivity index (χ1v) is 5.40. The van der Waals surface area contributed by atoms with Crippen LogP contribution in [-0.4, -0.2) is 37.7 Å². The van der Waals surface area contributed by atoms with Crippen LogP contribution in [0.2, 0.25) is 0 Å². The van der Waals surface area contributed by atoms with E-state index in [1.165, 1.54) is 0 Å². The molecule has 14 heavy (non-hydrogen) atoms. The molecule has 2 aliphatic heterocycles. The smallest absolute Gasteiger partial charge is 0.224 e. The Bertz CT molecular complexity index is 214. The van der Waals surface area contributed by atoms with Gasteiger partial charge in [-0.1, -0.05) is 0 Å². The van der Waals surface area contributed by atoms with E-state index in [4.69, 9.17) is 4.74 Å². The van der Waals surface area contributed by atoms with Crippen molar-refractivity contribution in [3.8, 4) is 0 Å². The van der Waals surface area contributed by atoms with Gasteiger partial charge in [0.2, 0.25) is 5.91 Å². The summed E-state index contributed by atoms with van der Waals surface area (Å²) in [6.07, 6.45) is 2.09. The highest BCUT2D eigenvalue weighted by Gasteiger charge is 2.29. The first-order chi connectivity index (χ1) is 6.77. The third kappa shape index (κ3) is 2.07. The molecule has 2 aliphatic rings. The minimum Gasteiger partial charge on any atom is -0.376 e. The van der Waals surface area contributed by atoms with Crippen LogP contribution in [0.25, 0.3) is 0 Å². The van der Waals surface area contributed by atoms with Gasteiger partial charge in [0.15, 0.2) is 0 Å². The molecule has 2 unspecified atom stereocenters. The average molecular weight is 198 g/mol. The van der Waals surface area contributed by atoms with Crippen LogP contribution in [0.1, 0.15) is 19.8 Å². The normalized spacial score (nSPS) is 37.4. The van der Waals surface area contributed by atoms with Crippen LogP contribution in [-0.2, 0) is 9.53 Å². The highest BCUT2D eigenvalue weighted by Crippen LogP contribution is 2.14. The maximum absolute atomic E-state index is 11.7. The summed E-state index contributed by atoms with van der Waals surface area (Å²) in [6, 6.07) is 0.225. The largest absolute Gasteiger partial charge is 0.376 e. The van der Waals surface area contributed by atoms with E-state index in [1.54, 1.807) is 0 Å². The molecule has 4 heteroatoms. The molecule has 0 aromatic rings. The van der Waals surface area contributed by atoms with Crippen molar-refractivity contribution in [3.63, 3.8) is 0 Å². The van der Waals surface area contributed by atoms with Crippen molar-refractivity contribution in [2.75, 3.05) is 19.7 Å². The molecule has 0 aliphatic carbocycles. The van der Waals surface area contributed by atoms with Crippen molar-refractivity contribution in [2.24, 2.45) is 5.92 Å². The number of hydrogen-bond acceptors (Lipinski definition) is 3. The van der Waals surface area contributed by atoms with Crippen molar-refractivity contribution in [2.45, 2.75) is 31.9 Å². The first-order valence-electron chi connectivity index (χ1n) is 5.40. The van der Waals surface area contributed by atoms with Gasteiger partial charge in [-0.3, -0.25) is 4.79 Å². The van der Waals surface area contributed by atoms with Gasteiger partial charge >= 0.3 is 0 Å². The number of hydrogen-bond donors (Lipinski definition) is 2. The third-order valence-corrected chi connectivity index (χ3v) is 3.13. The van der Waals surface area contributed by atoms with Crippen molar-refractivity contribution in [3.05, 3.63) is 0 Å². The van der Waals surface area contributed by atoms with Crippen molar-refractivity contribution >= 4 is 5.91 Å². The highest BCUT2D eigenvalue weighted by molar-refractivity contribution is 5.79. The van der Waals surface area contributed by atoms with E-state index in [1.807, 2.05) is 6.92 Å². The summed E-state index contributed by atoms with van der Waals surface area (Å²) in [5.74, 6) is 0.361. The minimum atomic E-state index is 0.169. The Balaban J connectivity index is 1.81. The van der Waals surface area contributed by atoms with Gasteiger partial charge in [-0.05, 0) is 26.3 Å². The lowest BCUT2D eigenvalue weighted by molar-refractivity contribution is -0.125. The molecule has 0 aromatic heterocycles. The van der Waals surface area contributed by atoms with Crippen LogP contribution in [0, 0.1) is 5.92 Å². The molecule has 0 saturated carbocycles. The second-order valence-electron chi connectivity index (χ2n) is 4.17. The van der Waals surface area contributed by atoms with Gasteiger partial charge in [0.25, 0.3) is 0 Å². The summed E-state index contributed by atoms with van der Waals surface area (Å²) >= 11 is 0. The Morgan fingerprint density at radius 1 is 1.50 bits per heavy atom. The molecule has 2 fully saturated rings. The van der Waals surface area contributed by atoms with Crippen LogP contribution in [0.5, 0.6) is 0 Å². The zero-order valence-electron chi connectivity index (χ0n) is 8.58. The zero-order chi connectivity index (χ0) is 9.97. The molecule has 0 radical (unpaired) electrons. The number of rotatable bonds is 2. The monoisotopic (exact) mass is 198 g/mol. The predicted octanol–water partition coefficient (Wildman–Crippen LogP) is -0.110. The van der Waals surface area contributed by atoms with Gasteiger partial charge in [-0.15, -0.1) is 0 Å². The van der Waals surface area contributed by atoms with E-state index < -0.39 is 0 Å². The number of ether oxygens (including phenoxy) is 1. The maximum Gasteiger partial charge on any atom is 0.224 e. The lowest BCUT2D eigenvalue weighted by atomic mass is 10.1. The van der Waals surface area contributed by atoms with Crippen LogP contribution >= 0.6 is 0 Å². The van der Waals surface area contributed by atoms with Crippen LogP contribution in [0.15, 0.2) is 0 Å². The Morgan fingerprint density at radius 3 is 2.93 bits per heavy atom. The van der Waals surface area contributed by atoms with Gasteiger partial charge in [-0.2, -0.15) is 0 Å². The molecule has 4 nitrogen and oxygen atoms in total. The van der Waals surface area contributed by atoms with Crippen molar-refractivity contribution < 1.29 is 9.53 Å². The molecule has 2 rings (SSSR count). The van der Waals surface area contributed by atoms with Crippen LogP contribution < -0.4 is 10.6 Å². The molecule has 3 atom stereocenters. The second-order valence-corrected chi connectivity index (χ2v) is 4.17. The Morgan fingerprint density at radius 2 is 2.36 bits per heavy atom. The van der Waals surface area contributed by atoms with Gasteiger partial charge in [0.1, 0.15) is 0 Å². The van der Waals surface area contributed by atoms with E-state index in [9.17, 15) is 4.79 Å². The Labute approximate surface area is 84.4 Å². The fourth-order valence-corrected chi connectivity index (χ4v) is 2.10. The molecular weight excluding hydrogens is 180 g/mol. The Kier molecular flexibility index (Phi) is 3.03. The SMILES string of the molecule is CC1OCCC1NC(=O)[C@@H]1CCNC1. The summed E-state index contributed by atoms with van der Waals surface area (Å²) in [6.45, 7) is 4.59. The molecular formula is C10H18N2O2. The van der Waals surface area contributed by atoms with Crippen molar-refractivity contribution in [1.29, 1.82) is 0 Å². The van der Waals surface area contributed by atoms with Gasteiger partial charge in [0, 0.05) is 13.2 Å². The maximum atomic E-state index is 11.7. The summed E-state index contributed by atoms with van der Waals surface area (Å²) in [7, 11) is 0. The quantitative estimate of drug-likeness (QED) is 0.651. The lowest BCUT2D eigenvalue weighted by Gasteiger charge is -2.18. The molecule has 2 heterocycles. The number of carbonyl (C=O) groups excluding carboxylic acids is 1. The van der Waals surface area contributed by atoms with Gasteiger partial charge in [0.05, 0.1) is 18.1 Å². The van der Waals surface area contributed by atoms with E-state index in [-0.39, 0.29) is 24.0 Å². The van der Waals surface area contributed by atoms with Gasteiger partial charge < -0.3 is 15.4 Å². The van der Waals surface area contributed by atoms with E-state index >= 15 is 0 Å². The lowest BCUT2D eigenvalue weighted by Crippen LogP contribution is -2.42. The second kappa shape index (κ2) is 4.28. The number of carbonyl (C=O) groups is 1. The van der Waals surface area contributed by atoms with E-state index in [2.05, 4.69) is 10.6 Å². The Hall–Kier alpha value is -0.610. The average Bonchev–Trinajstić information content (AvgIpc) is 2.77.